The molecule has 4 rings (SSSR count). The van der Waals surface area contributed by atoms with Crippen LogP contribution in [0.25, 0.3) is 0 Å². The highest BCUT2D eigenvalue weighted by molar-refractivity contribution is 7.92. The van der Waals surface area contributed by atoms with Crippen LogP contribution >= 0.6 is 0 Å². The Kier molecular flexibility index (Phi) is 5.50. The molecule has 2 aromatic carbocycles. The Labute approximate surface area is 171 Å². The molecule has 1 fully saturated rings. The third-order valence-electron chi connectivity index (χ3n) is 5.72. The topological polar surface area (TPSA) is 75.7 Å². The molecular formula is C22H26N2O4S. The monoisotopic (exact) mass is 414 g/mol. The first-order valence-corrected chi connectivity index (χ1v) is 11.7. The maximum Gasteiger partial charge on any atom is 0.251 e. The summed E-state index contributed by atoms with van der Waals surface area (Å²) in [4.78, 5) is 12.9. The van der Waals surface area contributed by atoms with Gasteiger partial charge in [0.2, 0.25) is 10.0 Å². The number of aryl methyl sites for hydroxylation is 1. The maximum atomic E-state index is 12.9. The number of anilines is 1. The van der Waals surface area contributed by atoms with Gasteiger partial charge in [-0.1, -0.05) is 12.1 Å². The zero-order chi connectivity index (χ0) is 20.4. The number of fused-ring (bicyclic) bond motifs is 1. The number of benzene rings is 2. The van der Waals surface area contributed by atoms with Crippen molar-refractivity contribution in [1.82, 2.24) is 5.32 Å². The molecular weight excluding hydrogens is 388 g/mol. The second-order valence-electron chi connectivity index (χ2n) is 7.63. The minimum Gasteiger partial charge on any atom is -0.497 e. The van der Waals surface area contributed by atoms with Crippen LogP contribution in [0.4, 0.5) is 5.69 Å². The predicted octanol–water partition coefficient (Wildman–Crippen LogP) is 3.43. The van der Waals surface area contributed by atoms with Gasteiger partial charge in [0.15, 0.2) is 0 Å². The molecule has 1 saturated heterocycles. The van der Waals surface area contributed by atoms with Gasteiger partial charge < -0.3 is 10.1 Å². The van der Waals surface area contributed by atoms with E-state index in [1.165, 1.54) is 9.87 Å². The molecule has 1 atom stereocenters. The molecule has 1 aliphatic heterocycles. The summed E-state index contributed by atoms with van der Waals surface area (Å²) in [5, 5.41) is 3.13. The number of ether oxygens (including phenoxy) is 1. The Bertz CT molecular complexity index is 1020. The number of hydrogen-bond donors (Lipinski definition) is 1. The fourth-order valence-corrected chi connectivity index (χ4v) is 5.82. The van der Waals surface area contributed by atoms with Crippen molar-refractivity contribution in [2.24, 2.45) is 0 Å². The number of carbonyl (C=O) groups is 1. The Morgan fingerprint density at radius 2 is 2.00 bits per heavy atom. The van der Waals surface area contributed by atoms with Gasteiger partial charge in [0.05, 0.1) is 24.6 Å². The van der Waals surface area contributed by atoms with Crippen molar-refractivity contribution in [3.8, 4) is 5.75 Å². The van der Waals surface area contributed by atoms with Crippen LogP contribution < -0.4 is 14.4 Å². The van der Waals surface area contributed by atoms with Gasteiger partial charge in [0.25, 0.3) is 5.91 Å². The summed E-state index contributed by atoms with van der Waals surface area (Å²) in [7, 11) is -1.65. The number of methoxy groups -OCH3 is 1. The van der Waals surface area contributed by atoms with Crippen molar-refractivity contribution >= 4 is 21.6 Å². The third kappa shape index (κ3) is 4.10. The molecule has 6 nitrogen and oxygen atoms in total. The van der Waals surface area contributed by atoms with Crippen molar-refractivity contribution in [3.05, 3.63) is 59.2 Å². The smallest absolute Gasteiger partial charge is 0.251 e. The normalized spacial score (nSPS) is 20.6. The van der Waals surface area contributed by atoms with E-state index in [-0.39, 0.29) is 17.7 Å². The van der Waals surface area contributed by atoms with E-state index in [9.17, 15) is 13.2 Å². The van der Waals surface area contributed by atoms with Gasteiger partial charge in [0, 0.05) is 12.1 Å². The van der Waals surface area contributed by atoms with Gasteiger partial charge in [-0.15, -0.1) is 0 Å². The van der Waals surface area contributed by atoms with E-state index in [4.69, 9.17) is 4.74 Å². The number of amides is 1. The summed E-state index contributed by atoms with van der Waals surface area (Å²) in [6.07, 6.45) is 4.37. The van der Waals surface area contributed by atoms with Crippen LogP contribution in [-0.4, -0.2) is 33.7 Å². The van der Waals surface area contributed by atoms with Crippen LogP contribution in [0, 0.1) is 0 Å². The Hall–Kier alpha value is -2.54. The Balaban J connectivity index is 1.54. The highest BCUT2D eigenvalue weighted by atomic mass is 32.2. The summed E-state index contributed by atoms with van der Waals surface area (Å²) >= 11 is 0. The van der Waals surface area contributed by atoms with Gasteiger partial charge in [0.1, 0.15) is 5.75 Å². The average Bonchev–Trinajstić information content (AvgIpc) is 2.73. The fraction of sp³-hybridized carbons (Fsp3) is 0.409. The molecule has 1 heterocycles. The van der Waals surface area contributed by atoms with Gasteiger partial charge >= 0.3 is 0 Å². The number of rotatable bonds is 4. The van der Waals surface area contributed by atoms with Crippen molar-refractivity contribution in [3.63, 3.8) is 0 Å². The standard InChI is InChI=1S/C22H26N2O4S/c1-28-19-10-11-20-16(15-19)6-5-9-21(20)23-22(25)17-7-4-8-18(14-17)24-12-2-3-13-29(24,26)27/h4,7-8,10-11,14-15,21H,2-3,5-6,9,12-13H2,1H3,(H,23,25)/t21-/m0/s1. The van der Waals surface area contributed by atoms with Crippen LogP contribution in [0.15, 0.2) is 42.5 Å². The summed E-state index contributed by atoms with van der Waals surface area (Å²) in [6.45, 7) is 0.464. The van der Waals surface area contributed by atoms with E-state index >= 15 is 0 Å². The molecule has 154 valence electrons. The first-order valence-electron chi connectivity index (χ1n) is 10.1. The van der Waals surface area contributed by atoms with Gasteiger partial charge in [-0.2, -0.15) is 0 Å². The van der Waals surface area contributed by atoms with Crippen molar-refractivity contribution in [2.75, 3.05) is 23.7 Å². The van der Waals surface area contributed by atoms with Crippen LogP contribution in [-0.2, 0) is 16.4 Å². The highest BCUT2D eigenvalue weighted by Gasteiger charge is 2.27. The lowest BCUT2D eigenvalue weighted by Gasteiger charge is -2.29. The summed E-state index contributed by atoms with van der Waals surface area (Å²) in [5.74, 6) is 0.798. The van der Waals surface area contributed by atoms with E-state index in [0.29, 0.717) is 24.2 Å². The molecule has 0 spiro atoms. The lowest BCUT2D eigenvalue weighted by molar-refractivity contribution is 0.0932. The summed E-state index contributed by atoms with van der Waals surface area (Å²) in [6, 6.07) is 12.8. The Morgan fingerprint density at radius 1 is 1.14 bits per heavy atom. The number of nitrogens with one attached hydrogen (secondary N) is 1. The molecule has 1 N–H and O–H groups in total. The maximum absolute atomic E-state index is 12.9. The molecule has 29 heavy (non-hydrogen) atoms. The third-order valence-corrected chi connectivity index (χ3v) is 7.58. The molecule has 1 aliphatic carbocycles. The summed E-state index contributed by atoms with van der Waals surface area (Å²) in [5.41, 5.74) is 3.37. The van der Waals surface area contributed by atoms with Crippen molar-refractivity contribution in [1.29, 1.82) is 0 Å². The zero-order valence-corrected chi connectivity index (χ0v) is 17.4. The predicted molar refractivity (Wildman–Crippen MR) is 113 cm³/mol. The molecule has 0 radical (unpaired) electrons. The van der Waals surface area contributed by atoms with Gasteiger partial charge in [-0.25, -0.2) is 8.42 Å². The van der Waals surface area contributed by atoms with Gasteiger partial charge in [-0.05, 0) is 73.6 Å². The fourth-order valence-electron chi connectivity index (χ4n) is 4.19. The average molecular weight is 415 g/mol. The quantitative estimate of drug-likeness (QED) is 0.832. The first kappa shape index (κ1) is 19.8. The van der Waals surface area contributed by atoms with E-state index in [0.717, 1.165) is 37.0 Å². The lowest BCUT2D eigenvalue weighted by atomic mass is 9.87. The second-order valence-corrected chi connectivity index (χ2v) is 9.64. The van der Waals surface area contributed by atoms with Crippen molar-refractivity contribution < 1.29 is 17.9 Å². The molecule has 0 saturated carbocycles. The van der Waals surface area contributed by atoms with Crippen LogP contribution in [0.2, 0.25) is 0 Å². The molecule has 0 unspecified atom stereocenters. The zero-order valence-electron chi connectivity index (χ0n) is 16.6. The van der Waals surface area contributed by atoms with E-state index in [1.54, 1.807) is 31.4 Å². The Morgan fingerprint density at radius 3 is 2.79 bits per heavy atom. The van der Waals surface area contributed by atoms with Crippen LogP contribution in [0.1, 0.15) is 53.2 Å². The van der Waals surface area contributed by atoms with E-state index in [1.807, 2.05) is 18.2 Å². The van der Waals surface area contributed by atoms with Crippen LogP contribution in [0.3, 0.4) is 0 Å². The number of nitrogens with zero attached hydrogens (tertiary/aromatic N) is 1. The molecule has 2 aromatic rings. The van der Waals surface area contributed by atoms with Crippen molar-refractivity contribution in [2.45, 2.75) is 38.1 Å². The molecule has 1 amide bonds. The highest BCUT2D eigenvalue weighted by Crippen LogP contribution is 2.32. The lowest BCUT2D eigenvalue weighted by Crippen LogP contribution is -2.38. The van der Waals surface area contributed by atoms with Gasteiger partial charge in [-0.3, -0.25) is 9.10 Å². The molecule has 7 heteroatoms. The molecule has 2 aliphatic rings. The van der Waals surface area contributed by atoms with Crippen LogP contribution in [0.5, 0.6) is 5.75 Å². The number of carbonyl (C=O) groups excluding carboxylic acids is 1. The minimum atomic E-state index is -3.30. The van der Waals surface area contributed by atoms with E-state index < -0.39 is 10.0 Å². The minimum absolute atomic E-state index is 0.0560. The summed E-state index contributed by atoms with van der Waals surface area (Å²) < 4.78 is 31.5. The molecule has 0 bridgehead atoms. The SMILES string of the molecule is COc1ccc2c(c1)CCC[C@@H]2NC(=O)c1cccc(N2CCCCS2(=O)=O)c1. The second kappa shape index (κ2) is 8.06. The first-order chi connectivity index (χ1) is 14.0. The van der Waals surface area contributed by atoms with E-state index in [2.05, 4.69) is 5.32 Å². The largest absolute Gasteiger partial charge is 0.497 e. The molecule has 0 aromatic heterocycles. The number of sulfonamides is 1. The number of hydrogen-bond acceptors (Lipinski definition) is 4.